The molecule has 0 fully saturated rings. The monoisotopic (exact) mass is 350 g/mol. The molecule has 0 aliphatic heterocycles. The van der Waals surface area contributed by atoms with Crippen LogP contribution in [0.1, 0.15) is 30.1 Å². The third-order valence-corrected chi connectivity index (χ3v) is 4.52. The summed E-state index contributed by atoms with van der Waals surface area (Å²) in [4.78, 5) is 9.13. The maximum absolute atomic E-state index is 6.01. The second-order valence-electron chi connectivity index (χ2n) is 5.09. The Kier molecular flexibility index (Phi) is 7.36. The first kappa shape index (κ1) is 17.8. The Hall–Kier alpha value is -1.59. The molecule has 124 valence electrons. The number of aromatic nitrogens is 1. The number of aliphatic imine (C=N–C) groups is 1. The zero-order valence-corrected chi connectivity index (χ0v) is 15.2. The van der Waals surface area contributed by atoms with Gasteiger partial charge >= 0.3 is 0 Å². The zero-order chi connectivity index (χ0) is 16.5. The highest BCUT2D eigenvalue weighted by molar-refractivity contribution is 7.09. The van der Waals surface area contributed by atoms with Crippen LogP contribution in [0.15, 0.2) is 34.6 Å². The van der Waals surface area contributed by atoms with Gasteiger partial charge in [0.15, 0.2) is 5.96 Å². The van der Waals surface area contributed by atoms with Gasteiger partial charge in [-0.1, -0.05) is 30.7 Å². The van der Waals surface area contributed by atoms with Crippen LogP contribution in [0.3, 0.4) is 0 Å². The predicted molar refractivity (Wildman–Crippen MR) is 99.5 cm³/mol. The zero-order valence-electron chi connectivity index (χ0n) is 13.6. The van der Waals surface area contributed by atoms with Crippen LogP contribution in [0.5, 0.6) is 0 Å². The Bertz CT molecular complexity index is 639. The number of benzene rings is 1. The predicted octanol–water partition coefficient (Wildman–Crippen LogP) is 3.66. The lowest BCUT2D eigenvalue weighted by atomic mass is 10.1. The summed E-state index contributed by atoms with van der Waals surface area (Å²) in [6.07, 6.45) is 1.88. The molecule has 1 heterocycles. The molecule has 0 saturated heterocycles. The van der Waals surface area contributed by atoms with E-state index in [1.54, 1.807) is 11.3 Å². The minimum atomic E-state index is 0.600. The van der Waals surface area contributed by atoms with Crippen molar-refractivity contribution in [3.8, 4) is 0 Å². The Morgan fingerprint density at radius 2 is 2.17 bits per heavy atom. The average molecular weight is 351 g/mol. The molecule has 23 heavy (non-hydrogen) atoms. The van der Waals surface area contributed by atoms with Gasteiger partial charge in [-0.3, -0.25) is 0 Å². The van der Waals surface area contributed by atoms with Gasteiger partial charge in [0.25, 0.3) is 0 Å². The molecule has 0 saturated carbocycles. The van der Waals surface area contributed by atoms with E-state index in [0.29, 0.717) is 6.54 Å². The lowest BCUT2D eigenvalue weighted by Gasteiger charge is -2.11. The van der Waals surface area contributed by atoms with E-state index in [9.17, 15) is 0 Å². The van der Waals surface area contributed by atoms with Crippen molar-refractivity contribution >= 4 is 28.9 Å². The van der Waals surface area contributed by atoms with E-state index in [0.717, 1.165) is 47.6 Å². The summed E-state index contributed by atoms with van der Waals surface area (Å²) in [5.41, 5.74) is 2.24. The van der Waals surface area contributed by atoms with Gasteiger partial charge in [0, 0.05) is 23.5 Å². The summed E-state index contributed by atoms with van der Waals surface area (Å²) < 4.78 is 0. The Balaban J connectivity index is 1.86. The van der Waals surface area contributed by atoms with Gasteiger partial charge in [-0.2, -0.15) is 0 Å². The summed E-state index contributed by atoms with van der Waals surface area (Å²) in [7, 11) is 0. The number of aryl methyl sites for hydroxylation is 1. The third-order valence-electron chi connectivity index (χ3n) is 3.24. The van der Waals surface area contributed by atoms with Crippen LogP contribution in [0.2, 0.25) is 5.02 Å². The highest BCUT2D eigenvalue weighted by Gasteiger charge is 2.02. The minimum absolute atomic E-state index is 0.600. The van der Waals surface area contributed by atoms with Gasteiger partial charge in [-0.15, -0.1) is 11.3 Å². The molecule has 2 aromatic rings. The maximum atomic E-state index is 6.01. The number of hydrogen-bond acceptors (Lipinski definition) is 3. The molecular weight excluding hydrogens is 328 g/mol. The molecule has 0 unspecified atom stereocenters. The average Bonchev–Trinajstić information content (AvgIpc) is 3.01. The summed E-state index contributed by atoms with van der Waals surface area (Å²) in [6.45, 7) is 6.42. The number of hydrogen-bond donors (Lipinski definition) is 2. The van der Waals surface area contributed by atoms with Crippen molar-refractivity contribution in [3.05, 3.63) is 50.9 Å². The first-order valence-corrected chi connectivity index (χ1v) is 9.17. The topological polar surface area (TPSA) is 49.3 Å². The molecule has 0 amide bonds. The number of nitrogens with zero attached hydrogens (tertiary/aromatic N) is 2. The second kappa shape index (κ2) is 9.53. The van der Waals surface area contributed by atoms with Crippen molar-refractivity contribution in [1.29, 1.82) is 0 Å². The molecule has 6 heteroatoms. The molecule has 2 rings (SSSR count). The van der Waals surface area contributed by atoms with Gasteiger partial charge in [0.2, 0.25) is 0 Å². The molecule has 0 aliphatic rings. The van der Waals surface area contributed by atoms with Crippen LogP contribution in [0.4, 0.5) is 0 Å². The molecular formula is C17H23ClN4S. The number of halogens is 1. The molecule has 4 nitrogen and oxygen atoms in total. The first-order chi connectivity index (χ1) is 11.2. The van der Waals surface area contributed by atoms with Crippen molar-refractivity contribution in [1.82, 2.24) is 15.6 Å². The number of guanidine groups is 1. The molecule has 1 aromatic heterocycles. The Morgan fingerprint density at radius 3 is 2.87 bits per heavy atom. The van der Waals surface area contributed by atoms with E-state index in [2.05, 4.69) is 45.9 Å². The van der Waals surface area contributed by atoms with Crippen molar-refractivity contribution in [2.24, 2.45) is 4.99 Å². The van der Waals surface area contributed by atoms with E-state index in [1.807, 2.05) is 18.2 Å². The normalized spacial score (nSPS) is 11.5. The van der Waals surface area contributed by atoms with Crippen LogP contribution >= 0.6 is 22.9 Å². The molecule has 0 atom stereocenters. The fourth-order valence-electron chi connectivity index (χ4n) is 2.10. The van der Waals surface area contributed by atoms with Crippen molar-refractivity contribution < 1.29 is 0 Å². The molecule has 0 aliphatic carbocycles. The largest absolute Gasteiger partial charge is 0.357 e. The van der Waals surface area contributed by atoms with E-state index in [4.69, 9.17) is 11.6 Å². The lowest BCUT2D eigenvalue weighted by molar-refractivity contribution is 0.797. The highest BCUT2D eigenvalue weighted by atomic mass is 35.5. The molecule has 0 radical (unpaired) electrons. The maximum Gasteiger partial charge on any atom is 0.191 e. The second-order valence-corrected chi connectivity index (χ2v) is 6.47. The van der Waals surface area contributed by atoms with E-state index >= 15 is 0 Å². The smallest absolute Gasteiger partial charge is 0.191 e. The highest BCUT2D eigenvalue weighted by Crippen LogP contribution is 2.11. The van der Waals surface area contributed by atoms with Crippen molar-refractivity contribution in [2.45, 2.75) is 33.2 Å². The standard InChI is InChI=1S/C17H23ClN4S/c1-3-16-22-15(12-23-16)11-21-17(19-4-2)20-9-8-13-6-5-7-14(18)10-13/h5-7,10,12H,3-4,8-9,11H2,1-2H3,(H2,19,20,21). The Morgan fingerprint density at radius 1 is 1.30 bits per heavy atom. The van der Waals surface area contributed by atoms with E-state index in [1.165, 1.54) is 5.56 Å². The lowest BCUT2D eigenvalue weighted by Crippen LogP contribution is -2.38. The number of rotatable bonds is 7. The van der Waals surface area contributed by atoms with Gasteiger partial charge in [0.05, 0.1) is 17.2 Å². The third kappa shape index (κ3) is 6.20. The van der Waals surface area contributed by atoms with Crippen molar-refractivity contribution in [2.75, 3.05) is 13.1 Å². The SMILES string of the molecule is CCNC(=NCc1csc(CC)n1)NCCc1cccc(Cl)c1. The van der Waals surface area contributed by atoms with E-state index < -0.39 is 0 Å². The first-order valence-electron chi connectivity index (χ1n) is 7.91. The molecule has 1 aromatic carbocycles. The van der Waals surface area contributed by atoms with Gasteiger partial charge in [-0.25, -0.2) is 9.98 Å². The van der Waals surface area contributed by atoms with Gasteiger partial charge in [0.1, 0.15) is 0 Å². The fraction of sp³-hybridized carbons (Fsp3) is 0.412. The van der Waals surface area contributed by atoms with Crippen LogP contribution in [-0.4, -0.2) is 24.0 Å². The van der Waals surface area contributed by atoms with Gasteiger partial charge in [-0.05, 0) is 37.5 Å². The molecule has 0 bridgehead atoms. The number of nitrogens with one attached hydrogen (secondary N) is 2. The van der Waals surface area contributed by atoms with Crippen molar-refractivity contribution in [3.63, 3.8) is 0 Å². The van der Waals surface area contributed by atoms with Gasteiger partial charge < -0.3 is 10.6 Å². The number of thiazole rings is 1. The quantitative estimate of drug-likeness (QED) is 0.592. The minimum Gasteiger partial charge on any atom is -0.357 e. The summed E-state index contributed by atoms with van der Waals surface area (Å²) >= 11 is 7.70. The van der Waals surface area contributed by atoms with Crippen LogP contribution < -0.4 is 10.6 Å². The van der Waals surface area contributed by atoms with Crippen LogP contribution in [0.25, 0.3) is 0 Å². The summed E-state index contributed by atoms with van der Waals surface area (Å²) in [6, 6.07) is 7.95. The summed E-state index contributed by atoms with van der Waals surface area (Å²) in [5, 5.41) is 10.6. The fourth-order valence-corrected chi connectivity index (χ4v) is 3.05. The van der Waals surface area contributed by atoms with Crippen LogP contribution in [-0.2, 0) is 19.4 Å². The van der Waals surface area contributed by atoms with Crippen LogP contribution in [0, 0.1) is 0 Å². The van der Waals surface area contributed by atoms with E-state index in [-0.39, 0.29) is 0 Å². The summed E-state index contributed by atoms with van der Waals surface area (Å²) in [5.74, 6) is 0.820. The molecule has 0 spiro atoms. The molecule has 2 N–H and O–H groups in total. The Labute approximate surface area is 147 Å².